The number of H-pyrrole nitrogens is 1. The maximum absolute atomic E-state index is 13.2. The second kappa shape index (κ2) is 10.4. The average molecular weight is 533 g/mol. The molecule has 3 heterocycles. The van der Waals surface area contributed by atoms with E-state index in [2.05, 4.69) is 20.4 Å². The molecular weight excluding hydrogens is 508 g/mol. The van der Waals surface area contributed by atoms with Gasteiger partial charge in [0.2, 0.25) is 0 Å². The number of aromatic amines is 1. The second-order valence-electron chi connectivity index (χ2n) is 8.59. The molecule has 0 aliphatic carbocycles. The van der Waals surface area contributed by atoms with Crippen LogP contribution in [0.2, 0.25) is 5.02 Å². The van der Waals surface area contributed by atoms with Crippen LogP contribution in [-0.4, -0.2) is 38.5 Å². The summed E-state index contributed by atoms with van der Waals surface area (Å²) in [6, 6.07) is 16.9. The van der Waals surface area contributed by atoms with Gasteiger partial charge in [-0.25, -0.2) is 9.78 Å². The van der Waals surface area contributed by atoms with Crippen molar-refractivity contribution in [3.8, 4) is 22.8 Å². The van der Waals surface area contributed by atoms with Crippen molar-refractivity contribution in [3.05, 3.63) is 97.8 Å². The predicted octanol–water partition coefficient (Wildman–Crippen LogP) is 3.82. The Morgan fingerprint density at radius 2 is 1.58 bits per heavy atom. The van der Waals surface area contributed by atoms with Gasteiger partial charge in [0.25, 0.3) is 5.56 Å². The van der Waals surface area contributed by atoms with Gasteiger partial charge in [0.1, 0.15) is 22.7 Å². The molecule has 0 aliphatic heterocycles. The van der Waals surface area contributed by atoms with Gasteiger partial charge in [-0.3, -0.25) is 19.0 Å². The number of hydrogen-bond acceptors (Lipinski definition) is 7. The summed E-state index contributed by atoms with van der Waals surface area (Å²) >= 11 is 6.87. The van der Waals surface area contributed by atoms with Gasteiger partial charge < -0.3 is 14.8 Å². The van der Waals surface area contributed by atoms with E-state index in [1.807, 2.05) is 48.5 Å². The van der Waals surface area contributed by atoms with Crippen molar-refractivity contribution in [1.29, 1.82) is 0 Å². The number of ether oxygens (including phenoxy) is 2. The van der Waals surface area contributed by atoms with Crippen LogP contribution in [0.15, 0.2) is 70.4 Å². The summed E-state index contributed by atoms with van der Waals surface area (Å²) in [6.07, 6.45) is 1.62. The Morgan fingerprint density at radius 1 is 0.947 bits per heavy atom. The highest BCUT2D eigenvalue weighted by Gasteiger charge is 2.22. The first-order valence-electron chi connectivity index (χ1n) is 11.7. The maximum Gasteiger partial charge on any atom is 0.329 e. The molecule has 10 nitrogen and oxygen atoms in total. The van der Waals surface area contributed by atoms with E-state index in [1.54, 1.807) is 31.2 Å². The Hall–Kier alpha value is -4.57. The van der Waals surface area contributed by atoms with Crippen molar-refractivity contribution in [3.63, 3.8) is 0 Å². The van der Waals surface area contributed by atoms with Gasteiger partial charge in [-0.05, 0) is 41.5 Å². The Labute approximate surface area is 222 Å². The lowest BCUT2D eigenvalue weighted by molar-refractivity contribution is 0.414. The molecule has 0 amide bonds. The summed E-state index contributed by atoms with van der Waals surface area (Å²) in [5, 5.41) is 8.43. The molecule has 38 heavy (non-hydrogen) atoms. The molecule has 2 N–H and O–H groups in total. The first-order chi connectivity index (χ1) is 18.4. The van der Waals surface area contributed by atoms with Gasteiger partial charge >= 0.3 is 5.69 Å². The number of anilines is 1. The number of fused-ring (bicyclic) bond motifs is 1. The molecule has 3 aromatic heterocycles. The normalized spacial score (nSPS) is 11.1. The molecule has 0 aliphatic rings. The lowest BCUT2D eigenvalue weighted by Gasteiger charge is -2.13. The van der Waals surface area contributed by atoms with Crippen LogP contribution in [0.1, 0.15) is 11.1 Å². The quantitative estimate of drug-likeness (QED) is 0.312. The van der Waals surface area contributed by atoms with Crippen LogP contribution in [-0.2, 0) is 20.1 Å². The predicted molar refractivity (Wildman–Crippen MR) is 146 cm³/mol. The standard InChI is InChI=1S/C27H25ClN6O4/c1-33-26(35)21-23(34(32-24(21)31-27(33)36)15-17-6-10-19(38-3)11-7-17)20-12-13-29-25(22(20)28)30-14-16-4-8-18(37-2)9-5-16/h4-13H,14-15H2,1-3H3,(H,29,30)(H,31,32,36). The van der Waals surface area contributed by atoms with E-state index in [0.29, 0.717) is 35.2 Å². The molecule has 0 unspecified atom stereocenters. The van der Waals surface area contributed by atoms with Crippen LogP contribution in [0.4, 0.5) is 5.82 Å². The molecule has 11 heteroatoms. The number of benzene rings is 2. The van der Waals surface area contributed by atoms with Crippen LogP contribution in [0, 0.1) is 0 Å². The molecule has 0 saturated carbocycles. The number of rotatable bonds is 8. The lowest BCUT2D eigenvalue weighted by atomic mass is 10.1. The molecule has 0 spiro atoms. The van der Waals surface area contributed by atoms with Gasteiger partial charge in [-0.1, -0.05) is 35.9 Å². The maximum atomic E-state index is 13.2. The van der Waals surface area contributed by atoms with Crippen LogP contribution >= 0.6 is 11.6 Å². The van der Waals surface area contributed by atoms with Gasteiger partial charge in [0.05, 0.1) is 31.5 Å². The number of methoxy groups -OCH3 is 2. The minimum Gasteiger partial charge on any atom is -0.497 e. The third-order valence-electron chi connectivity index (χ3n) is 6.26. The van der Waals surface area contributed by atoms with Gasteiger partial charge in [-0.15, -0.1) is 0 Å². The molecule has 5 aromatic rings. The average Bonchev–Trinajstić information content (AvgIpc) is 3.29. The van der Waals surface area contributed by atoms with Crippen LogP contribution in [0.5, 0.6) is 11.5 Å². The summed E-state index contributed by atoms with van der Waals surface area (Å²) in [5.74, 6) is 1.94. The number of pyridine rings is 1. The zero-order chi connectivity index (χ0) is 26.8. The fraction of sp³-hybridized carbons (Fsp3) is 0.185. The lowest BCUT2D eigenvalue weighted by Crippen LogP contribution is -2.32. The SMILES string of the molecule is COc1ccc(CNc2nccc(-c3c4c(=O)n(C)c(=O)[nH]c4nn3Cc3ccc(OC)cc3)c2Cl)cc1. The Kier molecular flexibility index (Phi) is 6.89. The highest BCUT2D eigenvalue weighted by atomic mass is 35.5. The van der Waals surface area contributed by atoms with E-state index in [-0.39, 0.29) is 11.0 Å². The number of nitrogens with one attached hydrogen (secondary N) is 2. The summed E-state index contributed by atoms with van der Waals surface area (Å²) < 4.78 is 13.2. The molecule has 0 saturated heterocycles. The summed E-state index contributed by atoms with van der Waals surface area (Å²) in [4.78, 5) is 32.7. The first kappa shape index (κ1) is 25.1. The number of nitrogens with zero attached hydrogens (tertiary/aromatic N) is 4. The molecule has 5 rings (SSSR count). The second-order valence-corrected chi connectivity index (χ2v) is 8.97. The largest absolute Gasteiger partial charge is 0.497 e. The number of hydrogen-bond donors (Lipinski definition) is 2. The molecule has 0 atom stereocenters. The molecule has 0 fully saturated rings. The van der Waals surface area contributed by atoms with Crippen molar-refractivity contribution in [2.24, 2.45) is 7.05 Å². The summed E-state index contributed by atoms with van der Waals surface area (Å²) in [7, 11) is 4.64. The van der Waals surface area contributed by atoms with E-state index in [1.165, 1.54) is 7.05 Å². The minimum absolute atomic E-state index is 0.183. The Bertz CT molecular complexity index is 1720. The van der Waals surface area contributed by atoms with Crippen molar-refractivity contribution in [2.45, 2.75) is 13.1 Å². The molecular formula is C27H25ClN6O4. The fourth-order valence-electron chi connectivity index (χ4n) is 4.17. The Morgan fingerprint density at radius 3 is 2.21 bits per heavy atom. The topological polar surface area (TPSA) is 116 Å². The monoisotopic (exact) mass is 532 g/mol. The van der Waals surface area contributed by atoms with Crippen LogP contribution in [0.25, 0.3) is 22.3 Å². The zero-order valence-corrected chi connectivity index (χ0v) is 21.7. The minimum atomic E-state index is -0.550. The zero-order valence-electron chi connectivity index (χ0n) is 21.0. The summed E-state index contributed by atoms with van der Waals surface area (Å²) in [6.45, 7) is 0.799. The van der Waals surface area contributed by atoms with Gasteiger partial charge in [0.15, 0.2) is 5.65 Å². The Balaban J connectivity index is 1.59. The third-order valence-corrected chi connectivity index (χ3v) is 6.64. The van der Waals surface area contributed by atoms with Crippen LogP contribution in [0.3, 0.4) is 0 Å². The van der Waals surface area contributed by atoms with Crippen molar-refractivity contribution >= 4 is 28.5 Å². The number of aromatic nitrogens is 5. The molecule has 2 aromatic carbocycles. The summed E-state index contributed by atoms with van der Waals surface area (Å²) in [5.41, 5.74) is 2.12. The van der Waals surface area contributed by atoms with Crippen LogP contribution < -0.4 is 26.0 Å². The highest BCUT2D eigenvalue weighted by Crippen LogP contribution is 2.35. The smallest absolute Gasteiger partial charge is 0.329 e. The van der Waals surface area contributed by atoms with E-state index in [4.69, 9.17) is 21.1 Å². The number of halogens is 1. The third kappa shape index (κ3) is 4.73. The van der Waals surface area contributed by atoms with Crippen molar-refractivity contribution in [1.82, 2.24) is 24.3 Å². The van der Waals surface area contributed by atoms with Gasteiger partial charge in [0, 0.05) is 25.4 Å². The van der Waals surface area contributed by atoms with Gasteiger partial charge in [-0.2, -0.15) is 5.10 Å². The molecule has 0 radical (unpaired) electrons. The highest BCUT2D eigenvalue weighted by molar-refractivity contribution is 6.36. The molecule has 0 bridgehead atoms. The van der Waals surface area contributed by atoms with Crippen molar-refractivity contribution < 1.29 is 9.47 Å². The molecule has 194 valence electrons. The van der Waals surface area contributed by atoms with E-state index in [9.17, 15) is 9.59 Å². The van der Waals surface area contributed by atoms with E-state index >= 15 is 0 Å². The fourth-order valence-corrected chi connectivity index (χ4v) is 4.44. The van der Waals surface area contributed by atoms with Crippen molar-refractivity contribution in [2.75, 3.05) is 19.5 Å². The van der Waals surface area contributed by atoms with E-state index in [0.717, 1.165) is 27.2 Å². The first-order valence-corrected chi connectivity index (χ1v) is 12.1. The van der Waals surface area contributed by atoms with E-state index < -0.39 is 11.2 Å².